The van der Waals surface area contributed by atoms with Crippen LogP contribution in [0.4, 0.5) is 0 Å². The number of ether oxygens (including phenoxy) is 4. The molecule has 600 valence electrons. The molecule has 0 bridgehead atoms. The van der Waals surface area contributed by atoms with Crippen molar-refractivity contribution < 1.29 is 80.2 Å². The van der Waals surface area contributed by atoms with Crippen LogP contribution in [0.5, 0.6) is 0 Å². The van der Waals surface area contributed by atoms with E-state index in [2.05, 4.69) is 41.5 Å². The van der Waals surface area contributed by atoms with Crippen molar-refractivity contribution in [1.82, 2.24) is 0 Å². The van der Waals surface area contributed by atoms with Gasteiger partial charge in [-0.05, 0) is 37.5 Å². The predicted molar refractivity (Wildman–Crippen MR) is 414 cm³/mol. The van der Waals surface area contributed by atoms with E-state index in [-0.39, 0.29) is 25.7 Å². The number of unbranched alkanes of at least 4 members (excludes halogenated alkanes) is 51. The first kappa shape index (κ1) is 99.1. The molecule has 3 N–H and O–H groups in total. The van der Waals surface area contributed by atoms with Gasteiger partial charge in [0, 0.05) is 25.7 Å². The molecule has 0 aromatic carbocycles. The summed E-state index contributed by atoms with van der Waals surface area (Å²) >= 11 is 0. The van der Waals surface area contributed by atoms with E-state index in [9.17, 15) is 43.2 Å². The fraction of sp³-hybridized carbons (Fsp3) is 0.951. The van der Waals surface area contributed by atoms with Crippen LogP contribution in [0.25, 0.3) is 0 Å². The maximum atomic E-state index is 13.1. The van der Waals surface area contributed by atoms with Gasteiger partial charge in [0.2, 0.25) is 0 Å². The van der Waals surface area contributed by atoms with Gasteiger partial charge < -0.3 is 33.8 Å². The zero-order valence-corrected chi connectivity index (χ0v) is 68.0. The number of carbonyl (C=O) groups is 4. The minimum atomic E-state index is -4.96. The highest BCUT2D eigenvalue weighted by molar-refractivity contribution is 7.47. The van der Waals surface area contributed by atoms with Crippen LogP contribution in [0.1, 0.15) is 433 Å². The van der Waals surface area contributed by atoms with E-state index in [1.165, 1.54) is 238 Å². The summed E-state index contributed by atoms with van der Waals surface area (Å²) < 4.78 is 68.6. The van der Waals surface area contributed by atoms with Crippen LogP contribution in [0.15, 0.2) is 0 Å². The van der Waals surface area contributed by atoms with E-state index >= 15 is 0 Å². The van der Waals surface area contributed by atoms with E-state index in [0.717, 1.165) is 115 Å². The number of rotatable bonds is 81. The normalized spacial score (nSPS) is 13.9. The van der Waals surface area contributed by atoms with Crippen LogP contribution in [-0.4, -0.2) is 96.7 Å². The molecule has 0 saturated heterocycles. The summed E-state index contributed by atoms with van der Waals surface area (Å²) in [5.41, 5.74) is 0. The Morgan fingerprint density at radius 1 is 0.267 bits per heavy atom. The van der Waals surface area contributed by atoms with Crippen LogP contribution < -0.4 is 0 Å². The van der Waals surface area contributed by atoms with Gasteiger partial charge in [0.25, 0.3) is 0 Å². The molecule has 0 radical (unpaired) electrons. The van der Waals surface area contributed by atoms with Gasteiger partial charge in [0.15, 0.2) is 12.2 Å². The molecule has 0 amide bonds. The van der Waals surface area contributed by atoms with E-state index in [4.69, 9.17) is 37.0 Å². The van der Waals surface area contributed by atoms with Gasteiger partial charge in [-0.1, -0.05) is 382 Å². The van der Waals surface area contributed by atoms with Crippen LogP contribution in [-0.2, 0) is 65.4 Å². The van der Waals surface area contributed by atoms with Crippen molar-refractivity contribution in [3.05, 3.63) is 0 Å². The van der Waals surface area contributed by atoms with Gasteiger partial charge >= 0.3 is 39.5 Å². The van der Waals surface area contributed by atoms with Crippen molar-refractivity contribution in [2.45, 2.75) is 452 Å². The molecule has 0 aliphatic heterocycles. The Kier molecular flexibility index (Phi) is 72.2. The maximum Gasteiger partial charge on any atom is 0.472 e. The quantitative estimate of drug-likeness (QED) is 0.0222. The molecule has 0 aliphatic rings. The fourth-order valence-electron chi connectivity index (χ4n) is 12.7. The highest BCUT2D eigenvalue weighted by Gasteiger charge is 2.30. The second-order valence-corrected chi connectivity index (χ2v) is 33.4. The molecule has 0 aromatic rings. The van der Waals surface area contributed by atoms with Crippen molar-refractivity contribution in [2.75, 3.05) is 39.6 Å². The Balaban J connectivity index is 5.17. The Bertz CT molecular complexity index is 1940. The Morgan fingerprint density at radius 2 is 0.455 bits per heavy atom. The zero-order chi connectivity index (χ0) is 74.2. The van der Waals surface area contributed by atoms with Crippen LogP contribution in [0.3, 0.4) is 0 Å². The number of aliphatic hydroxyl groups is 1. The summed E-state index contributed by atoms with van der Waals surface area (Å²) in [6, 6.07) is 0. The predicted octanol–water partition coefficient (Wildman–Crippen LogP) is 24.7. The number of aliphatic hydroxyl groups excluding tert-OH is 1. The lowest BCUT2D eigenvalue weighted by Crippen LogP contribution is -2.30. The number of hydrogen-bond donors (Lipinski definition) is 3. The highest BCUT2D eigenvalue weighted by atomic mass is 31.2. The van der Waals surface area contributed by atoms with Crippen molar-refractivity contribution in [3.63, 3.8) is 0 Å². The summed E-state index contributed by atoms with van der Waals surface area (Å²) in [4.78, 5) is 72.9. The van der Waals surface area contributed by atoms with Crippen LogP contribution in [0.2, 0.25) is 0 Å². The first-order valence-electron chi connectivity index (χ1n) is 42.5. The first-order valence-corrected chi connectivity index (χ1v) is 45.5. The van der Waals surface area contributed by atoms with Gasteiger partial charge in [-0.3, -0.25) is 37.3 Å². The van der Waals surface area contributed by atoms with Crippen molar-refractivity contribution >= 4 is 39.5 Å². The van der Waals surface area contributed by atoms with Gasteiger partial charge in [-0.25, -0.2) is 9.13 Å². The number of hydrogen-bond acceptors (Lipinski definition) is 15. The lowest BCUT2D eigenvalue weighted by molar-refractivity contribution is -0.161. The molecular formula is C82H160O17P2. The van der Waals surface area contributed by atoms with Crippen molar-refractivity contribution in [3.8, 4) is 0 Å². The number of esters is 4. The fourth-order valence-corrected chi connectivity index (χ4v) is 14.3. The average Bonchev–Trinajstić information content (AvgIpc) is 0.977. The molecule has 17 nitrogen and oxygen atoms in total. The van der Waals surface area contributed by atoms with E-state index in [0.29, 0.717) is 25.7 Å². The number of phosphoric ester groups is 2. The topological polar surface area (TPSA) is 237 Å². The second kappa shape index (κ2) is 73.6. The SMILES string of the molecule is CCCCCCCCCCCCCCCCCC(=O)O[C@H](COC(=O)CCCCCCCCC)COP(=O)(O)OC[C@H](O)COP(=O)(O)OC[C@@H](COC(=O)CCCCCCCCCCCCCCCCCC(C)C)OC(=O)CCCCCCCCCCCCCCCCCCCCC(C)C. The molecule has 5 atom stereocenters. The molecule has 0 spiro atoms. The Morgan fingerprint density at radius 3 is 0.673 bits per heavy atom. The van der Waals surface area contributed by atoms with Crippen molar-refractivity contribution in [1.29, 1.82) is 0 Å². The molecule has 0 aliphatic carbocycles. The summed E-state index contributed by atoms with van der Waals surface area (Å²) in [5.74, 6) is -0.484. The molecule has 0 rings (SSSR count). The number of phosphoric acid groups is 2. The molecular weight excluding hydrogens is 1320 g/mol. The number of carbonyl (C=O) groups excluding carboxylic acids is 4. The lowest BCUT2D eigenvalue weighted by atomic mass is 10.0. The van der Waals surface area contributed by atoms with Gasteiger partial charge in [-0.2, -0.15) is 0 Å². The smallest absolute Gasteiger partial charge is 0.462 e. The minimum absolute atomic E-state index is 0.108. The third-order valence-corrected chi connectivity index (χ3v) is 21.1. The molecule has 0 fully saturated rings. The second-order valence-electron chi connectivity index (χ2n) is 30.5. The third-order valence-electron chi connectivity index (χ3n) is 19.2. The highest BCUT2D eigenvalue weighted by Crippen LogP contribution is 2.45. The Labute approximate surface area is 619 Å². The molecule has 0 saturated carbocycles. The third kappa shape index (κ3) is 76.1. The summed E-state index contributed by atoms with van der Waals surface area (Å²) in [7, 11) is -9.91. The standard InChI is InChI=1S/C82H160O17P2/c1-7-9-11-13-15-16-17-18-24-32-37-42-48-54-60-66-81(86)98-77(70-92-79(84)64-58-52-44-14-12-10-8-2)72-96-100(88,89)94-68-76(83)69-95-101(90,91)97-73-78(71-93-80(85)65-59-53-47-41-36-31-28-23-26-30-35-40-46-51-57-63-75(5)6)99-82(87)67-61-55-49-43-38-33-27-22-20-19-21-25-29-34-39-45-50-56-62-74(3)4/h74-78,83H,7-73H2,1-6H3,(H,88,89)(H,90,91)/t76-,77+,78+/m0/s1. The summed E-state index contributed by atoms with van der Waals surface area (Å²) in [6.07, 6.45) is 64.0. The summed E-state index contributed by atoms with van der Waals surface area (Å²) in [5, 5.41) is 10.6. The van der Waals surface area contributed by atoms with E-state index < -0.39 is 97.5 Å². The van der Waals surface area contributed by atoms with E-state index in [1.807, 2.05) is 0 Å². The first-order chi connectivity index (χ1) is 48.9. The largest absolute Gasteiger partial charge is 0.472 e. The monoisotopic (exact) mass is 1480 g/mol. The maximum absolute atomic E-state index is 13.1. The minimum Gasteiger partial charge on any atom is -0.462 e. The van der Waals surface area contributed by atoms with Gasteiger partial charge in [0.1, 0.15) is 19.3 Å². The average molecular weight is 1480 g/mol. The van der Waals surface area contributed by atoms with Gasteiger partial charge in [0.05, 0.1) is 26.4 Å². The molecule has 101 heavy (non-hydrogen) atoms. The Hall–Kier alpha value is -1.94. The summed E-state index contributed by atoms with van der Waals surface area (Å²) in [6.45, 7) is 9.67. The van der Waals surface area contributed by atoms with Crippen LogP contribution in [0, 0.1) is 11.8 Å². The molecule has 0 heterocycles. The van der Waals surface area contributed by atoms with Gasteiger partial charge in [-0.15, -0.1) is 0 Å². The van der Waals surface area contributed by atoms with Crippen LogP contribution >= 0.6 is 15.6 Å². The molecule has 0 aromatic heterocycles. The lowest BCUT2D eigenvalue weighted by Gasteiger charge is -2.21. The molecule has 2 unspecified atom stereocenters. The molecule has 19 heteroatoms. The zero-order valence-electron chi connectivity index (χ0n) is 66.2. The van der Waals surface area contributed by atoms with Crippen molar-refractivity contribution in [2.24, 2.45) is 11.8 Å². The van der Waals surface area contributed by atoms with E-state index in [1.54, 1.807) is 0 Å².